The van der Waals surface area contributed by atoms with Crippen LogP contribution in [-0.4, -0.2) is 35.7 Å². The fourth-order valence-corrected chi connectivity index (χ4v) is 3.04. The van der Waals surface area contributed by atoms with E-state index in [9.17, 15) is 4.39 Å². The lowest BCUT2D eigenvalue weighted by molar-refractivity contribution is 0.159. The van der Waals surface area contributed by atoms with Gasteiger partial charge < -0.3 is 15.5 Å². The Hall–Kier alpha value is -1.20. The van der Waals surface area contributed by atoms with E-state index in [2.05, 4.69) is 22.5 Å². The van der Waals surface area contributed by atoms with Gasteiger partial charge in [-0.2, -0.15) is 0 Å². The van der Waals surface area contributed by atoms with E-state index in [0.29, 0.717) is 22.4 Å². The maximum absolute atomic E-state index is 13.5. The van der Waals surface area contributed by atoms with E-state index in [0.717, 1.165) is 19.5 Å². The molecule has 1 fully saturated rings. The summed E-state index contributed by atoms with van der Waals surface area (Å²) in [4.78, 5) is 2.55. The number of aryl methyl sites for hydroxylation is 1. The highest BCUT2D eigenvalue weighted by Gasteiger charge is 2.17. The van der Waals surface area contributed by atoms with Crippen LogP contribution in [-0.2, 0) is 0 Å². The number of anilines is 1. The molecule has 1 aliphatic heterocycles. The van der Waals surface area contributed by atoms with Gasteiger partial charge in [0.15, 0.2) is 5.11 Å². The molecule has 1 atom stereocenters. The topological polar surface area (TPSA) is 27.3 Å². The first kappa shape index (κ1) is 17.2. The first-order valence-electron chi connectivity index (χ1n) is 8.11. The number of benzene rings is 1. The van der Waals surface area contributed by atoms with Gasteiger partial charge in [0, 0.05) is 24.8 Å². The zero-order valence-electron chi connectivity index (χ0n) is 13.5. The molecule has 0 unspecified atom stereocenters. The number of hydrogen-bond acceptors (Lipinski definition) is 2. The summed E-state index contributed by atoms with van der Waals surface area (Å²) in [5.41, 5.74) is 1.32. The van der Waals surface area contributed by atoms with Crippen molar-refractivity contribution in [2.24, 2.45) is 0 Å². The van der Waals surface area contributed by atoms with Crippen LogP contribution in [0.2, 0.25) is 0 Å². The summed E-state index contributed by atoms with van der Waals surface area (Å²) in [5.74, 6) is -0.216. The minimum absolute atomic E-state index is 0.216. The number of nitrogens with one attached hydrogen (secondary N) is 2. The fourth-order valence-electron chi connectivity index (χ4n) is 2.82. The van der Waals surface area contributed by atoms with Gasteiger partial charge in [0.2, 0.25) is 0 Å². The molecule has 3 nitrogen and oxygen atoms in total. The molecule has 1 aromatic carbocycles. The maximum Gasteiger partial charge on any atom is 0.170 e. The molecular weight excluding hydrogens is 297 g/mol. The molecule has 1 aliphatic rings. The largest absolute Gasteiger partial charge is 0.362 e. The van der Waals surface area contributed by atoms with Gasteiger partial charge in [-0.25, -0.2) is 4.39 Å². The van der Waals surface area contributed by atoms with Crippen molar-refractivity contribution in [1.82, 2.24) is 10.2 Å². The Morgan fingerprint density at radius 1 is 1.41 bits per heavy atom. The van der Waals surface area contributed by atoms with E-state index in [1.165, 1.54) is 31.9 Å². The van der Waals surface area contributed by atoms with Crippen molar-refractivity contribution >= 4 is 23.0 Å². The zero-order chi connectivity index (χ0) is 15.9. The number of nitrogens with zero attached hydrogens (tertiary/aromatic N) is 1. The van der Waals surface area contributed by atoms with Gasteiger partial charge in [0.05, 0.1) is 0 Å². The van der Waals surface area contributed by atoms with Crippen LogP contribution in [0.3, 0.4) is 0 Å². The minimum Gasteiger partial charge on any atom is -0.362 e. The molecule has 0 aliphatic carbocycles. The van der Waals surface area contributed by atoms with Crippen LogP contribution in [0.25, 0.3) is 0 Å². The van der Waals surface area contributed by atoms with Gasteiger partial charge in [-0.05, 0) is 69.6 Å². The summed E-state index contributed by atoms with van der Waals surface area (Å²) in [6.45, 7) is 7.22. The predicted molar refractivity (Wildman–Crippen MR) is 94.9 cm³/mol. The molecule has 0 aromatic heterocycles. The van der Waals surface area contributed by atoms with Crippen LogP contribution < -0.4 is 10.6 Å². The van der Waals surface area contributed by atoms with Crippen molar-refractivity contribution in [2.75, 3.05) is 25.0 Å². The summed E-state index contributed by atoms with van der Waals surface area (Å²) >= 11 is 5.25. The first-order valence-corrected chi connectivity index (χ1v) is 8.52. The Bertz CT molecular complexity index is 507. The number of thiocarbonyl (C=S) groups is 1. The molecule has 0 saturated carbocycles. The summed E-state index contributed by atoms with van der Waals surface area (Å²) in [7, 11) is 0. The Kier molecular flexibility index (Phi) is 6.58. The van der Waals surface area contributed by atoms with Crippen LogP contribution in [0, 0.1) is 12.7 Å². The lowest BCUT2D eigenvalue weighted by Gasteiger charge is -2.33. The number of hydrogen-bond donors (Lipinski definition) is 2. The van der Waals surface area contributed by atoms with Gasteiger partial charge in [0.25, 0.3) is 0 Å². The third kappa shape index (κ3) is 5.21. The zero-order valence-corrected chi connectivity index (χ0v) is 14.3. The second-order valence-corrected chi connectivity index (χ2v) is 6.49. The van der Waals surface area contributed by atoms with Crippen LogP contribution in [0.15, 0.2) is 18.2 Å². The molecule has 0 radical (unpaired) electrons. The third-order valence-corrected chi connectivity index (χ3v) is 4.52. The summed E-state index contributed by atoms with van der Waals surface area (Å²) < 4.78 is 13.5. The maximum atomic E-state index is 13.5. The Morgan fingerprint density at radius 2 is 2.23 bits per heavy atom. The molecule has 1 heterocycles. The molecule has 0 amide bonds. The van der Waals surface area contributed by atoms with Crippen molar-refractivity contribution in [1.29, 1.82) is 0 Å². The molecule has 0 bridgehead atoms. The smallest absolute Gasteiger partial charge is 0.170 e. The summed E-state index contributed by atoms with van der Waals surface area (Å²) in [6.07, 6.45) is 5.05. The molecular formula is C17H26FN3S. The SMILES string of the molecule is Cc1ccc(NC(=S)NCCCN2CCCC[C@H]2C)cc1F. The second-order valence-electron chi connectivity index (χ2n) is 6.08. The van der Waals surface area contributed by atoms with Crippen LogP contribution in [0.1, 0.15) is 38.2 Å². The molecule has 22 heavy (non-hydrogen) atoms. The molecule has 2 N–H and O–H groups in total. The molecule has 122 valence electrons. The average molecular weight is 323 g/mol. The van der Waals surface area contributed by atoms with Crippen LogP contribution >= 0.6 is 12.2 Å². The molecule has 0 spiro atoms. The van der Waals surface area contributed by atoms with Gasteiger partial charge in [-0.3, -0.25) is 0 Å². The average Bonchev–Trinajstić information content (AvgIpc) is 2.49. The van der Waals surface area contributed by atoms with Crippen molar-refractivity contribution in [3.63, 3.8) is 0 Å². The second kappa shape index (κ2) is 8.44. The van der Waals surface area contributed by atoms with E-state index in [1.807, 2.05) is 6.07 Å². The van der Waals surface area contributed by atoms with Crippen molar-refractivity contribution in [2.45, 2.75) is 45.6 Å². The van der Waals surface area contributed by atoms with E-state index < -0.39 is 0 Å². The lowest BCUT2D eigenvalue weighted by Crippen LogP contribution is -2.39. The monoisotopic (exact) mass is 323 g/mol. The Morgan fingerprint density at radius 3 is 2.95 bits per heavy atom. The van der Waals surface area contributed by atoms with Crippen molar-refractivity contribution in [3.8, 4) is 0 Å². The fraction of sp³-hybridized carbons (Fsp3) is 0.588. The highest BCUT2D eigenvalue weighted by Crippen LogP contribution is 2.16. The van der Waals surface area contributed by atoms with Crippen molar-refractivity contribution in [3.05, 3.63) is 29.6 Å². The standard InChI is InChI=1S/C17H26FN3S/c1-13-7-8-15(12-16(13)18)20-17(22)19-9-5-11-21-10-4-3-6-14(21)2/h7-8,12,14H,3-6,9-11H2,1-2H3,(H2,19,20,22)/t14-/m1/s1. The van der Waals surface area contributed by atoms with Crippen LogP contribution in [0.4, 0.5) is 10.1 Å². The number of rotatable bonds is 5. The quantitative estimate of drug-likeness (QED) is 0.638. The number of halogens is 1. The normalized spacial score (nSPS) is 19.0. The lowest BCUT2D eigenvalue weighted by atomic mass is 10.0. The van der Waals surface area contributed by atoms with E-state index in [-0.39, 0.29) is 5.82 Å². The van der Waals surface area contributed by atoms with Crippen LogP contribution in [0.5, 0.6) is 0 Å². The highest BCUT2D eigenvalue weighted by atomic mass is 32.1. The van der Waals surface area contributed by atoms with Gasteiger partial charge in [-0.1, -0.05) is 12.5 Å². The van der Waals surface area contributed by atoms with Crippen molar-refractivity contribution < 1.29 is 4.39 Å². The minimum atomic E-state index is -0.216. The van der Waals surface area contributed by atoms with Gasteiger partial charge in [-0.15, -0.1) is 0 Å². The Balaban J connectivity index is 1.66. The summed E-state index contributed by atoms with van der Waals surface area (Å²) in [5, 5.41) is 6.77. The predicted octanol–water partition coefficient (Wildman–Crippen LogP) is 3.69. The Labute approximate surface area is 138 Å². The number of piperidine rings is 1. The number of likely N-dealkylation sites (tertiary alicyclic amines) is 1. The van der Waals surface area contributed by atoms with E-state index >= 15 is 0 Å². The highest BCUT2D eigenvalue weighted by molar-refractivity contribution is 7.80. The third-order valence-electron chi connectivity index (χ3n) is 4.28. The van der Waals surface area contributed by atoms with E-state index in [1.54, 1.807) is 13.0 Å². The molecule has 1 aromatic rings. The molecule has 5 heteroatoms. The van der Waals surface area contributed by atoms with E-state index in [4.69, 9.17) is 12.2 Å². The first-order chi connectivity index (χ1) is 10.6. The summed E-state index contributed by atoms with van der Waals surface area (Å²) in [6, 6.07) is 5.76. The molecule has 1 saturated heterocycles. The van der Waals surface area contributed by atoms with Gasteiger partial charge in [0.1, 0.15) is 5.82 Å². The molecule has 2 rings (SSSR count). The van der Waals surface area contributed by atoms with Gasteiger partial charge >= 0.3 is 0 Å².